The lowest BCUT2D eigenvalue weighted by molar-refractivity contribution is 0.683. The molecular formula is C22H24N6. The first-order valence-electron chi connectivity index (χ1n) is 9.82. The van der Waals surface area contributed by atoms with Crippen LogP contribution in [-0.2, 0) is 0 Å². The smallest absolute Gasteiger partial charge is 0.255 e. The first-order valence-corrected chi connectivity index (χ1v) is 9.82. The molecule has 0 aliphatic carbocycles. The number of nitrogens with zero attached hydrogens (tertiary/aromatic N) is 5. The molecule has 1 aromatic carbocycles. The Morgan fingerprint density at radius 2 is 1.79 bits per heavy atom. The van der Waals surface area contributed by atoms with Crippen LogP contribution < -0.4 is 5.32 Å². The summed E-state index contributed by atoms with van der Waals surface area (Å²) in [5.41, 5.74) is 2.82. The standard InChI is InChI=1S/C22H24N6/c1-2-3-4-8-14-24-20-15-19(17-10-6-5-7-11-17)25-22-26-21(27-28(20)22)18-12-9-13-23-16-18/h5-7,9-13,15-16,24H,2-4,8,14H2,1H3. The largest absolute Gasteiger partial charge is 0.370 e. The number of nitrogens with one attached hydrogen (secondary N) is 1. The lowest BCUT2D eigenvalue weighted by Gasteiger charge is -2.10. The number of pyridine rings is 1. The van der Waals surface area contributed by atoms with Crippen molar-refractivity contribution in [1.82, 2.24) is 24.6 Å². The molecule has 0 radical (unpaired) electrons. The summed E-state index contributed by atoms with van der Waals surface area (Å²) >= 11 is 0. The van der Waals surface area contributed by atoms with E-state index in [-0.39, 0.29) is 0 Å². The van der Waals surface area contributed by atoms with E-state index in [9.17, 15) is 0 Å². The SMILES string of the molecule is CCCCCCNc1cc(-c2ccccc2)nc2nc(-c3cccnc3)nn12. The number of unbranched alkanes of at least 4 members (excludes halogenated alkanes) is 3. The van der Waals surface area contributed by atoms with Gasteiger partial charge in [0.25, 0.3) is 5.78 Å². The number of fused-ring (bicyclic) bond motifs is 1. The third kappa shape index (κ3) is 4.01. The first-order chi connectivity index (χ1) is 13.8. The zero-order valence-electron chi connectivity index (χ0n) is 16.0. The predicted molar refractivity (Wildman–Crippen MR) is 112 cm³/mol. The normalized spacial score (nSPS) is 11.0. The second-order valence-corrected chi connectivity index (χ2v) is 6.77. The van der Waals surface area contributed by atoms with Crippen molar-refractivity contribution in [2.45, 2.75) is 32.6 Å². The lowest BCUT2D eigenvalue weighted by Crippen LogP contribution is -2.08. The molecule has 0 aliphatic rings. The molecule has 142 valence electrons. The Hall–Kier alpha value is -3.28. The average Bonchev–Trinajstić information content (AvgIpc) is 3.19. The Kier molecular flexibility index (Phi) is 5.56. The van der Waals surface area contributed by atoms with Crippen LogP contribution in [-0.4, -0.2) is 31.1 Å². The molecule has 6 nitrogen and oxygen atoms in total. The Labute approximate surface area is 164 Å². The van der Waals surface area contributed by atoms with Crippen molar-refractivity contribution < 1.29 is 0 Å². The molecular weight excluding hydrogens is 348 g/mol. The highest BCUT2D eigenvalue weighted by atomic mass is 15.4. The Bertz CT molecular complexity index is 1030. The van der Waals surface area contributed by atoms with Gasteiger partial charge in [-0.05, 0) is 18.6 Å². The summed E-state index contributed by atoms with van der Waals surface area (Å²) in [6.45, 7) is 3.12. The summed E-state index contributed by atoms with van der Waals surface area (Å²) in [5, 5.41) is 8.20. The molecule has 3 aromatic heterocycles. The van der Waals surface area contributed by atoms with E-state index in [0.29, 0.717) is 11.6 Å². The van der Waals surface area contributed by atoms with Gasteiger partial charge >= 0.3 is 0 Å². The minimum Gasteiger partial charge on any atom is -0.370 e. The predicted octanol–water partition coefficient (Wildman–Crippen LogP) is 4.85. The summed E-state index contributed by atoms with van der Waals surface area (Å²) < 4.78 is 1.79. The van der Waals surface area contributed by atoms with E-state index in [1.807, 2.05) is 36.4 Å². The Morgan fingerprint density at radius 3 is 2.57 bits per heavy atom. The zero-order valence-corrected chi connectivity index (χ0v) is 16.0. The number of hydrogen-bond donors (Lipinski definition) is 1. The molecule has 6 heteroatoms. The minimum absolute atomic E-state index is 0.580. The highest BCUT2D eigenvalue weighted by Gasteiger charge is 2.13. The van der Waals surface area contributed by atoms with E-state index >= 15 is 0 Å². The fraction of sp³-hybridized carbons (Fsp3) is 0.273. The maximum atomic E-state index is 4.74. The third-order valence-corrected chi connectivity index (χ3v) is 4.64. The molecule has 0 spiro atoms. The van der Waals surface area contributed by atoms with Gasteiger partial charge in [-0.15, -0.1) is 5.10 Å². The molecule has 4 aromatic rings. The van der Waals surface area contributed by atoms with Gasteiger partial charge in [0, 0.05) is 36.1 Å². The van der Waals surface area contributed by atoms with Gasteiger partial charge in [-0.1, -0.05) is 56.5 Å². The van der Waals surface area contributed by atoms with E-state index in [2.05, 4.69) is 39.4 Å². The number of benzene rings is 1. The molecule has 3 heterocycles. The molecule has 0 aliphatic heterocycles. The fourth-order valence-electron chi connectivity index (χ4n) is 3.14. The number of hydrogen-bond acceptors (Lipinski definition) is 5. The molecule has 0 bridgehead atoms. The van der Waals surface area contributed by atoms with Crippen molar-refractivity contribution in [3.63, 3.8) is 0 Å². The van der Waals surface area contributed by atoms with Crippen LogP contribution in [0.15, 0.2) is 60.9 Å². The van der Waals surface area contributed by atoms with Crippen LogP contribution in [0.25, 0.3) is 28.4 Å². The first kappa shape index (κ1) is 18.1. The highest BCUT2D eigenvalue weighted by Crippen LogP contribution is 2.23. The molecule has 28 heavy (non-hydrogen) atoms. The Morgan fingerprint density at radius 1 is 0.929 bits per heavy atom. The molecule has 4 rings (SSSR count). The van der Waals surface area contributed by atoms with E-state index in [0.717, 1.165) is 35.6 Å². The topological polar surface area (TPSA) is 68.0 Å². The third-order valence-electron chi connectivity index (χ3n) is 4.64. The van der Waals surface area contributed by atoms with Crippen LogP contribution in [0.2, 0.25) is 0 Å². The zero-order chi connectivity index (χ0) is 19.2. The monoisotopic (exact) mass is 372 g/mol. The van der Waals surface area contributed by atoms with Gasteiger partial charge in [-0.25, -0.2) is 4.98 Å². The van der Waals surface area contributed by atoms with Crippen molar-refractivity contribution in [2.24, 2.45) is 0 Å². The van der Waals surface area contributed by atoms with Gasteiger partial charge in [0.1, 0.15) is 5.82 Å². The lowest BCUT2D eigenvalue weighted by atomic mass is 10.1. The van der Waals surface area contributed by atoms with Crippen LogP contribution in [0.1, 0.15) is 32.6 Å². The summed E-state index contributed by atoms with van der Waals surface area (Å²) in [7, 11) is 0. The van der Waals surface area contributed by atoms with E-state index in [1.54, 1.807) is 16.9 Å². The summed E-state index contributed by atoms with van der Waals surface area (Å²) in [6.07, 6.45) is 8.36. The van der Waals surface area contributed by atoms with Crippen LogP contribution in [0.3, 0.4) is 0 Å². The fourth-order valence-corrected chi connectivity index (χ4v) is 3.14. The molecule has 0 saturated heterocycles. The van der Waals surface area contributed by atoms with Crippen LogP contribution in [0.5, 0.6) is 0 Å². The highest BCUT2D eigenvalue weighted by molar-refractivity contribution is 5.66. The van der Waals surface area contributed by atoms with Crippen molar-refractivity contribution >= 4 is 11.6 Å². The van der Waals surface area contributed by atoms with Gasteiger partial charge in [0.15, 0.2) is 5.82 Å². The molecule has 0 saturated carbocycles. The maximum Gasteiger partial charge on any atom is 0.255 e. The molecule has 0 fully saturated rings. The molecule has 0 amide bonds. The summed E-state index contributed by atoms with van der Waals surface area (Å²) in [5.74, 6) is 2.11. The van der Waals surface area contributed by atoms with E-state index < -0.39 is 0 Å². The van der Waals surface area contributed by atoms with E-state index in [4.69, 9.17) is 4.98 Å². The molecule has 0 atom stereocenters. The van der Waals surface area contributed by atoms with Gasteiger partial charge in [-0.2, -0.15) is 9.50 Å². The van der Waals surface area contributed by atoms with E-state index in [1.165, 1.54) is 19.3 Å². The summed E-state index contributed by atoms with van der Waals surface area (Å²) in [6, 6.07) is 16.0. The molecule has 0 unspecified atom stereocenters. The second-order valence-electron chi connectivity index (χ2n) is 6.77. The maximum absolute atomic E-state index is 4.74. The van der Waals surface area contributed by atoms with Gasteiger partial charge in [0.2, 0.25) is 0 Å². The van der Waals surface area contributed by atoms with Gasteiger partial charge in [0.05, 0.1) is 5.69 Å². The van der Waals surface area contributed by atoms with Crippen molar-refractivity contribution in [3.05, 3.63) is 60.9 Å². The number of anilines is 1. The average molecular weight is 372 g/mol. The van der Waals surface area contributed by atoms with Crippen molar-refractivity contribution in [1.29, 1.82) is 0 Å². The number of aromatic nitrogens is 5. The van der Waals surface area contributed by atoms with Crippen molar-refractivity contribution in [2.75, 3.05) is 11.9 Å². The van der Waals surface area contributed by atoms with Crippen LogP contribution in [0, 0.1) is 0 Å². The van der Waals surface area contributed by atoms with Crippen molar-refractivity contribution in [3.8, 4) is 22.6 Å². The van der Waals surface area contributed by atoms with Gasteiger partial charge in [-0.3, -0.25) is 4.98 Å². The minimum atomic E-state index is 0.580. The van der Waals surface area contributed by atoms with Crippen LogP contribution >= 0.6 is 0 Å². The molecule has 1 N–H and O–H groups in total. The summed E-state index contributed by atoms with van der Waals surface area (Å²) in [4.78, 5) is 13.6. The van der Waals surface area contributed by atoms with Crippen LogP contribution in [0.4, 0.5) is 5.82 Å². The second kappa shape index (κ2) is 8.61. The van der Waals surface area contributed by atoms with Gasteiger partial charge < -0.3 is 5.32 Å². The Balaban J connectivity index is 1.71. The number of rotatable bonds is 8. The quantitative estimate of drug-likeness (QED) is 0.448.